The van der Waals surface area contributed by atoms with Gasteiger partial charge in [0.2, 0.25) is 5.91 Å². The van der Waals surface area contributed by atoms with Gasteiger partial charge in [-0.3, -0.25) is 10.1 Å². The summed E-state index contributed by atoms with van der Waals surface area (Å²) >= 11 is 0. The van der Waals surface area contributed by atoms with Crippen LogP contribution in [0, 0.1) is 9.81 Å². The molecule has 1 aliphatic heterocycles. The summed E-state index contributed by atoms with van der Waals surface area (Å²) in [5.74, 6) is -0.635. The molecule has 1 saturated heterocycles. The number of hydrazine groups is 1. The molecule has 3 amide bonds. The molecule has 24 heteroatoms. The number of hydrogen-bond donors (Lipinski definition) is 3. The van der Waals surface area contributed by atoms with Gasteiger partial charge in [-0.1, -0.05) is 0 Å². The summed E-state index contributed by atoms with van der Waals surface area (Å²) in [6, 6.07) is -0.827. The van der Waals surface area contributed by atoms with E-state index in [1.54, 1.807) is 0 Å². The van der Waals surface area contributed by atoms with E-state index in [4.69, 9.17) is 9.26 Å². The van der Waals surface area contributed by atoms with Gasteiger partial charge in [-0.05, 0) is 0 Å². The maximum atomic E-state index is 12.7. The number of ether oxygens (including phenoxy) is 1. The van der Waals surface area contributed by atoms with Gasteiger partial charge in [-0.15, -0.1) is 0 Å². The first-order chi connectivity index (χ1) is 17.1. The van der Waals surface area contributed by atoms with Crippen LogP contribution in [0.15, 0.2) is 22.3 Å². The van der Waals surface area contributed by atoms with Crippen molar-refractivity contribution in [1.29, 1.82) is 0 Å². The molecular weight excluding hydrogens is 573 g/mol. The minimum atomic E-state index is -5.40. The number of phosphoric acid groups is 2. The van der Waals surface area contributed by atoms with Crippen LogP contribution >= 0.6 is 23.8 Å². The van der Waals surface area contributed by atoms with Gasteiger partial charge >= 0.3 is 175 Å². The SMILES string of the molecule is COP(=O)(OCC1OC(/C(C)=C/N(C)C(=O)NC(C)=O)N(N=O)N1N=O)OP(=O)(O)O[PH](O)(OC)OC. The molecule has 37 heavy (non-hydrogen) atoms. The van der Waals surface area contributed by atoms with Crippen LogP contribution in [-0.2, 0) is 45.4 Å². The molecule has 21 nitrogen and oxygen atoms in total. The maximum absolute atomic E-state index is 12.7. The van der Waals surface area contributed by atoms with E-state index in [2.05, 4.69) is 32.8 Å². The molecule has 0 radical (unpaired) electrons. The van der Waals surface area contributed by atoms with E-state index >= 15 is 0 Å². The molecule has 1 heterocycles. The number of imide groups is 1. The molecule has 0 saturated carbocycles. The van der Waals surface area contributed by atoms with Crippen molar-refractivity contribution in [1.82, 2.24) is 20.5 Å². The normalized spacial score (nSPS) is 22.1. The van der Waals surface area contributed by atoms with Crippen LogP contribution in [0.25, 0.3) is 0 Å². The van der Waals surface area contributed by atoms with Crippen LogP contribution < -0.4 is 5.32 Å². The summed E-state index contributed by atoms with van der Waals surface area (Å²) in [6.45, 7) is 1.54. The predicted octanol–water partition coefficient (Wildman–Crippen LogP) is 1.24. The third-order valence-electron chi connectivity index (χ3n) is 4.07. The predicted molar refractivity (Wildman–Crippen MR) is 122 cm³/mol. The molecule has 4 atom stereocenters. The molecule has 3 N–H and O–H groups in total. The number of rotatable bonds is 14. The molecule has 1 rings (SSSR count). The Morgan fingerprint density at radius 2 is 1.73 bits per heavy atom. The summed E-state index contributed by atoms with van der Waals surface area (Å²) in [7, 11) is -11.2. The second-order valence-electron chi connectivity index (χ2n) is 6.72. The molecule has 1 aliphatic rings. The summed E-state index contributed by atoms with van der Waals surface area (Å²) < 4.78 is 57.3. The number of nitrogens with zero attached hydrogens (tertiary/aromatic N) is 5. The fourth-order valence-electron chi connectivity index (χ4n) is 2.44. The standard InChI is InChI=1S/C13H27N6O15P3/c1-9(7-17(3)13(21)14-10(2)20)12-19(16-23)18(15-22)11(32-12)8-31-37(27,30-6)34-35(24,25)33-36(26,28-4)29-5/h7,11-12,26,36H,8H2,1-6H3,(H,24,25)(H,14,20,21)/b9-7+. The molecule has 0 aromatic carbocycles. The Bertz CT molecular complexity index is 979. The van der Waals surface area contributed by atoms with E-state index < -0.39 is 54.8 Å². The van der Waals surface area contributed by atoms with Gasteiger partial charge in [0, 0.05) is 14.0 Å². The molecule has 0 aromatic heterocycles. The molecule has 0 spiro atoms. The van der Waals surface area contributed by atoms with E-state index in [0.717, 1.165) is 39.4 Å². The number of hydrogen-bond acceptors (Lipinski definition) is 16. The molecule has 0 aliphatic carbocycles. The van der Waals surface area contributed by atoms with Crippen LogP contribution in [0.5, 0.6) is 0 Å². The zero-order chi connectivity index (χ0) is 28.6. The van der Waals surface area contributed by atoms with Crippen molar-refractivity contribution in [3.05, 3.63) is 21.6 Å². The van der Waals surface area contributed by atoms with E-state index in [1.807, 2.05) is 5.32 Å². The van der Waals surface area contributed by atoms with Gasteiger partial charge in [-0.2, -0.15) is 0 Å². The van der Waals surface area contributed by atoms with E-state index in [0.29, 0.717) is 10.2 Å². The van der Waals surface area contributed by atoms with Crippen molar-refractivity contribution < 1.29 is 60.0 Å². The van der Waals surface area contributed by atoms with Gasteiger partial charge in [0.25, 0.3) is 0 Å². The summed E-state index contributed by atoms with van der Waals surface area (Å²) in [5, 5.41) is 7.92. The Morgan fingerprint density at radius 3 is 2.19 bits per heavy atom. The van der Waals surface area contributed by atoms with Crippen molar-refractivity contribution in [3.8, 4) is 0 Å². The number of carbonyl (C=O) groups excluding carboxylic acids is 2. The number of urea groups is 1. The van der Waals surface area contributed by atoms with Crippen LogP contribution in [0.1, 0.15) is 13.8 Å². The van der Waals surface area contributed by atoms with Gasteiger partial charge in [0.15, 0.2) is 0 Å². The first-order valence-corrected chi connectivity index (χ1v) is 14.2. The van der Waals surface area contributed by atoms with Gasteiger partial charge in [0.05, 0.1) is 0 Å². The van der Waals surface area contributed by atoms with Gasteiger partial charge in [-0.25, -0.2) is 4.79 Å². The van der Waals surface area contributed by atoms with Crippen molar-refractivity contribution in [2.75, 3.05) is 35.0 Å². The van der Waals surface area contributed by atoms with E-state index in [9.17, 15) is 38.3 Å². The Morgan fingerprint density at radius 1 is 1.16 bits per heavy atom. The topological polar surface area (TPSA) is 254 Å². The minimum absolute atomic E-state index is 0.0970. The molecule has 4 unspecified atom stereocenters. The molecule has 0 bridgehead atoms. The second kappa shape index (κ2) is 13.7. The van der Waals surface area contributed by atoms with Gasteiger partial charge < -0.3 is 0 Å². The summed E-state index contributed by atoms with van der Waals surface area (Å²) in [5.41, 5.74) is 0.0970. The first-order valence-electron chi connectivity index (χ1n) is 9.60. The van der Waals surface area contributed by atoms with Crippen LogP contribution in [0.2, 0.25) is 0 Å². The first kappa shape index (κ1) is 33.0. The Labute approximate surface area is 210 Å². The van der Waals surface area contributed by atoms with Gasteiger partial charge in [0.1, 0.15) is 0 Å². The number of amides is 3. The third-order valence-corrected chi connectivity index (χ3v) is 9.48. The zero-order valence-electron chi connectivity index (χ0n) is 20.3. The number of phosphoric ester groups is 1. The number of nitroso groups, excluding NO2 is 2. The molecule has 1 fully saturated rings. The van der Waals surface area contributed by atoms with Crippen LogP contribution in [0.4, 0.5) is 4.79 Å². The Kier molecular flexibility index (Phi) is 12.2. The third kappa shape index (κ3) is 9.36. The molecule has 214 valence electrons. The fourth-order valence-corrected chi connectivity index (χ4v) is 6.68. The Hall–Kier alpha value is -1.99. The van der Waals surface area contributed by atoms with Crippen LogP contribution in [-0.4, -0.2) is 84.3 Å². The van der Waals surface area contributed by atoms with Crippen LogP contribution in [0.3, 0.4) is 0 Å². The van der Waals surface area contributed by atoms with Crippen molar-refractivity contribution in [2.45, 2.75) is 26.3 Å². The zero-order valence-corrected chi connectivity index (χ0v) is 23.1. The van der Waals surface area contributed by atoms with Crippen molar-refractivity contribution in [2.24, 2.45) is 10.6 Å². The van der Waals surface area contributed by atoms with Crippen molar-refractivity contribution in [3.63, 3.8) is 0 Å². The summed E-state index contributed by atoms with van der Waals surface area (Å²) in [4.78, 5) is 66.2. The van der Waals surface area contributed by atoms with E-state index in [-0.39, 0.29) is 5.57 Å². The fraction of sp³-hybridized carbons (Fsp3) is 0.692. The van der Waals surface area contributed by atoms with E-state index in [1.165, 1.54) is 14.0 Å². The molecular formula is C13H27N6O15P3. The summed E-state index contributed by atoms with van der Waals surface area (Å²) in [6.07, 6.45) is -1.93. The monoisotopic (exact) mass is 600 g/mol. The van der Waals surface area contributed by atoms with Crippen molar-refractivity contribution >= 4 is 35.8 Å². The molecule has 0 aromatic rings. The number of carbonyl (C=O) groups is 2. The Balaban J connectivity index is 3.04. The quantitative estimate of drug-likeness (QED) is 0.187. The second-order valence-corrected chi connectivity index (χ2v) is 12.4. The number of nitrogens with one attached hydrogen (secondary N) is 1. The average molecular weight is 600 g/mol. The average Bonchev–Trinajstić information content (AvgIpc) is 3.19.